The van der Waals surface area contributed by atoms with E-state index in [4.69, 9.17) is 0 Å². The summed E-state index contributed by atoms with van der Waals surface area (Å²) in [5.41, 5.74) is 0.753. The quantitative estimate of drug-likeness (QED) is 0.743. The molecule has 3 rings (SSSR count). The molecule has 0 N–H and O–H groups in total. The Balaban J connectivity index is 2.19. The second-order valence-corrected chi connectivity index (χ2v) is 6.49. The lowest BCUT2D eigenvalue weighted by Gasteiger charge is -1.96. The average molecular weight is 240 g/mol. The first-order valence-electron chi connectivity index (χ1n) is 4.54. The smallest absolute Gasteiger partial charge is 0.224 e. The molecular weight excluding hydrogens is 232 g/mol. The van der Waals surface area contributed by atoms with Crippen molar-refractivity contribution in [3.63, 3.8) is 0 Å². The molecule has 2 aromatic rings. The summed E-state index contributed by atoms with van der Waals surface area (Å²) in [7, 11) is -3.29. The van der Waals surface area contributed by atoms with Crippen LogP contribution in [0.2, 0.25) is 0 Å². The van der Waals surface area contributed by atoms with Crippen LogP contribution in [0.5, 0.6) is 0 Å². The van der Waals surface area contributed by atoms with Gasteiger partial charge in [0.25, 0.3) is 10.0 Å². The van der Waals surface area contributed by atoms with E-state index in [1.165, 1.54) is 15.6 Å². The number of sulfonamides is 1. The zero-order valence-corrected chi connectivity index (χ0v) is 9.38. The van der Waals surface area contributed by atoms with Crippen LogP contribution in [0, 0.1) is 0 Å². The number of aromatic nitrogens is 1. The third kappa shape index (κ3) is 1.45. The molecule has 6 heteroatoms. The molecule has 1 fully saturated rings. The number of thiazole rings is 1. The van der Waals surface area contributed by atoms with E-state index in [1.54, 1.807) is 0 Å². The summed E-state index contributed by atoms with van der Waals surface area (Å²) in [5.74, 6) is 0. The van der Waals surface area contributed by atoms with Gasteiger partial charge in [0.1, 0.15) is 0 Å². The Labute approximate surface area is 91.2 Å². The third-order valence-electron chi connectivity index (χ3n) is 2.24. The van der Waals surface area contributed by atoms with Crippen molar-refractivity contribution < 1.29 is 8.42 Å². The van der Waals surface area contributed by atoms with Crippen LogP contribution in [0.3, 0.4) is 0 Å². The van der Waals surface area contributed by atoms with Crippen LogP contribution >= 0.6 is 11.3 Å². The van der Waals surface area contributed by atoms with E-state index in [2.05, 4.69) is 4.98 Å². The molecule has 1 aliphatic rings. The molecule has 0 amide bonds. The summed E-state index contributed by atoms with van der Waals surface area (Å²) < 4.78 is 26.2. The largest absolute Gasteiger partial charge is 0.270 e. The Bertz CT molecular complexity index is 581. The standard InChI is InChI=1S/C9H8N2O2S2/c12-15(13,11-5-6-11)9-10-7-3-1-2-4-8(7)14-9/h1-4H,5-6H2. The summed E-state index contributed by atoms with van der Waals surface area (Å²) >= 11 is 1.23. The Kier molecular flexibility index (Phi) is 1.86. The Hall–Kier alpha value is -0.980. The summed E-state index contributed by atoms with van der Waals surface area (Å²) in [6, 6.07) is 7.45. The van der Waals surface area contributed by atoms with Gasteiger partial charge in [-0.2, -0.15) is 4.31 Å². The zero-order valence-electron chi connectivity index (χ0n) is 7.75. The van der Waals surface area contributed by atoms with Crippen LogP contribution in [0.15, 0.2) is 28.6 Å². The van der Waals surface area contributed by atoms with Crippen molar-refractivity contribution in [3.8, 4) is 0 Å². The van der Waals surface area contributed by atoms with E-state index in [1.807, 2.05) is 24.3 Å². The van der Waals surface area contributed by atoms with Crippen molar-refractivity contribution in [2.45, 2.75) is 4.34 Å². The molecule has 0 spiro atoms. The number of fused-ring (bicyclic) bond motifs is 1. The lowest BCUT2D eigenvalue weighted by molar-refractivity contribution is 0.562. The van der Waals surface area contributed by atoms with Crippen LogP contribution in [0.4, 0.5) is 0 Å². The number of benzene rings is 1. The van der Waals surface area contributed by atoms with Gasteiger partial charge in [0.05, 0.1) is 10.2 Å². The third-order valence-corrected chi connectivity index (χ3v) is 5.53. The van der Waals surface area contributed by atoms with Gasteiger partial charge >= 0.3 is 0 Å². The second-order valence-electron chi connectivity index (χ2n) is 3.35. The van der Waals surface area contributed by atoms with Gasteiger partial charge in [-0.1, -0.05) is 12.1 Å². The van der Waals surface area contributed by atoms with E-state index in [0.717, 1.165) is 10.2 Å². The maximum Gasteiger partial charge on any atom is 0.270 e. The van der Waals surface area contributed by atoms with Crippen LogP contribution in [-0.4, -0.2) is 30.8 Å². The van der Waals surface area contributed by atoms with Gasteiger partial charge in [-0.05, 0) is 12.1 Å². The lowest BCUT2D eigenvalue weighted by atomic mass is 10.3. The zero-order chi connectivity index (χ0) is 10.5. The molecule has 1 saturated heterocycles. The molecule has 1 aliphatic heterocycles. The lowest BCUT2D eigenvalue weighted by Crippen LogP contribution is -2.10. The molecule has 0 radical (unpaired) electrons. The predicted octanol–water partition coefficient (Wildman–Crippen LogP) is 1.30. The maximum atomic E-state index is 11.8. The van der Waals surface area contributed by atoms with Gasteiger partial charge in [0.2, 0.25) is 4.34 Å². The van der Waals surface area contributed by atoms with Gasteiger partial charge in [0.15, 0.2) is 0 Å². The van der Waals surface area contributed by atoms with Gasteiger partial charge in [-0.3, -0.25) is 0 Å². The molecule has 0 unspecified atom stereocenters. The fourth-order valence-electron chi connectivity index (χ4n) is 1.35. The van der Waals surface area contributed by atoms with E-state index in [0.29, 0.717) is 13.1 Å². The number of nitrogens with zero attached hydrogens (tertiary/aromatic N) is 2. The van der Waals surface area contributed by atoms with Gasteiger partial charge in [-0.15, -0.1) is 11.3 Å². The molecule has 0 aliphatic carbocycles. The molecule has 15 heavy (non-hydrogen) atoms. The first kappa shape index (κ1) is 9.26. The average Bonchev–Trinajstić information content (AvgIpc) is 2.97. The first-order chi connectivity index (χ1) is 7.18. The van der Waals surface area contributed by atoms with Crippen molar-refractivity contribution in [2.75, 3.05) is 13.1 Å². The highest BCUT2D eigenvalue weighted by Crippen LogP contribution is 2.29. The van der Waals surface area contributed by atoms with Crippen molar-refractivity contribution in [1.29, 1.82) is 0 Å². The molecule has 1 aromatic heterocycles. The minimum Gasteiger partial charge on any atom is -0.224 e. The number of para-hydroxylation sites is 1. The number of hydrogen-bond donors (Lipinski definition) is 0. The van der Waals surface area contributed by atoms with Crippen LogP contribution < -0.4 is 0 Å². The summed E-state index contributed by atoms with van der Waals surface area (Å²) in [5, 5.41) is 0. The van der Waals surface area contributed by atoms with E-state index >= 15 is 0 Å². The molecule has 78 valence electrons. The molecule has 4 nitrogen and oxygen atoms in total. The van der Waals surface area contributed by atoms with Crippen LogP contribution in [-0.2, 0) is 10.0 Å². The van der Waals surface area contributed by atoms with Crippen molar-refractivity contribution >= 4 is 31.6 Å². The monoisotopic (exact) mass is 240 g/mol. The van der Waals surface area contributed by atoms with Crippen molar-refractivity contribution in [1.82, 2.24) is 9.29 Å². The fraction of sp³-hybridized carbons (Fsp3) is 0.222. The van der Waals surface area contributed by atoms with Crippen LogP contribution in [0.25, 0.3) is 10.2 Å². The molecule has 1 aromatic carbocycles. The maximum absolute atomic E-state index is 11.8. The van der Waals surface area contributed by atoms with Gasteiger partial charge in [0, 0.05) is 13.1 Å². The van der Waals surface area contributed by atoms with Gasteiger partial charge in [-0.25, -0.2) is 13.4 Å². The Morgan fingerprint density at radius 1 is 1.27 bits per heavy atom. The molecule has 0 atom stereocenters. The topological polar surface area (TPSA) is 50.0 Å². The van der Waals surface area contributed by atoms with E-state index < -0.39 is 10.0 Å². The minimum atomic E-state index is -3.29. The second kappa shape index (κ2) is 3.01. The summed E-state index contributed by atoms with van der Waals surface area (Å²) in [6.45, 7) is 1.25. The summed E-state index contributed by atoms with van der Waals surface area (Å²) in [4.78, 5) is 4.13. The molecule has 2 heterocycles. The molecule has 0 bridgehead atoms. The Morgan fingerprint density at radius 2 is 2.00 bits per heavy atom. The van der Waals surface area contributed by atoms with E-state index in [9.17, 15) is 8.42 Å². The molecule has 0 saturated carbocycles. The van der Waals surface area contributed by atoms with Crippen molar-refractivity contribution in [2.24, 2.45) is 0 Å². The predicted molar refractivity (Wildman–Crippen MR) is 58.4 cm³/mol. The van der Waals surface area contributed by atoms with Crippen LogP contribution in [0.1, 0.15) is 0 Å². The first-order valence-corrected chi connectivity index (χ1v) is 6.79. The normalized spacial score (nSPS) is 17.1. The minimum absolute atomic E-state index is 0.209. The summed E-state index contributed by atoms with van der Waals surface area (Å²) in [6.07, 6.45) is 0. The highest BCUT2D eigenvalue weighted by molar-refractivity contribution is 7.91. The SMILES string of the molecule is O=S(=O)(c1nc2ccccc2s1)N1CC1. The molecular formula is C9H8N2O2S2. The van der Waals surface area contributed by atoms with Gasteiger partial charge < -0.3 is 0 Å². The van der Waals surface area contributed by atoms with Crippen molar-refractivity contribution in [3.05, 3.63) is 24.3 Å². The number of hydrogen-bond acceptors (Lipinski definition) is 4. The van der Waals surface area contributed by atoms with E-state index in [-0.39, 0.29) is 4.34 Å². The highest BCUT2D eigenvalue weighted by atomic mass is 32.2. The fourth-order valence-corrected chi connectivity index (χ4v) is 4.05. The highest BCUT2D eigenvalue weighted by Gasteiger charge is 2.35. The Morgan fingerprint density at radius 3 is 2.67 bits per heavy atom. The number of rotatable bonds is 2.